The molecular weight excluding hydrogens is 712 g/mol. The molecule has 0 amide bonds. The van der Waals surface area contributed by atoms with Crippen LogP contribution in [0.1, 0.15) is 99.8 Å². The van der Waals surface area contributed by atoms with E-state index in [-0.39, 0.29) is 51.4 Å². The van der Waals surface area contributed by atoms with Crippen molar-refractivity contribution >= 4 is 0 Å². The maximum atomic E-state index is 12.1. The molecule has 8 rings (SSSR count). The van der Waals surface area contributed by atoms with E-state index in [4.69, 9.17) is 23.7 Å². The van der Waals surface area contributed by atoms with Crippen molar-refractivity contribution in [1.29, 1.82) is 0 Å². The second-order valence-electron chi connectivity index (χ2n) is 21.0. The van der Waals surface area contributed by atoms with Gasteiger partial charge in [-0.1, -0.05) is 53.7 Å². The summed E-state index contributed by atoms with van der Waals surface area (Å²) in [5, 5.41) is 87.5. The second kappa shape index (κ2) is 13.4. The fraction of sp³-hybridized carbons (Fsp3) is 0.952. The van der Waals surface area contributed by atoms with Gasteiger partial charge in [0.15, 0.2) is 12.6 Å². The van der Waals surface area contributed by atoms with E-state index in [0.717, 1.165) is 38.5 Å². The lowest BCUT2D eigenvalue weighted by Crippen LogP contribution is -2.72. The van der Waals surface area contributed by atoms with Gasteiger partial charge in [-0.2, -0.15) is 0 Å². The minimum absolute atomic E-state index is 0.0158. The normalized spacial score (nSPS) is 59.7. The third kappa shape index (κ3) is 5.44. The molecule has 0 aromatic heterocycles. The van der Waals surface area contributed by atoms with Crippen molar-refractivity contribution in [3.63, 3.8) is 0 Å². The first-order chi connectivity index (χ1) is 25.7. The van der Waals surface area contributed by atoms with Crippen molar-refractivity contribution in [2.75, 3.05) is 19.8 Å². The molecule has 0 aromatic rings. The Balaban J connectivity index is 1.06. The van der Waals surface area contributed by atoms with E-state index in [1.54, 1.807) is 0 Å². The number of allylic oxidation sites excluding steroid dienone is 1. The molecule has 55 heavy (non-hydrogen) atoms. The number of fused-ring (bicyclic) bond motifs is 4. The van der Waals surface area contributed by atoms with Crippen molar-refractivity contribution in [1.82, 2.24) is 0 Å². The van der Waals surface area contributed by atoms with Crippen LogP contribution in [-0.2, 0) is 23.7 Å². The van der Waals surface area contributed by atoms with Crippen molar-refractivity contribution in [3.05, 3.63) is 12.2 Å². The Kier molecular flexibility index (Phi) is 9.95. The lowest BCUT2D eigenvalue weighted by atomic mass is 9.32. The highest BCUT2D eigenvalue weighted by molar-refractivity contribution is 5.36. The van der Waals surface area contributed by atoms with Crippen molar-refractivity contribution in [2.24, 2.45) is 50.2 Å². The Morgan fingerprint density at radius 1 is 0.727 bits per heavy atom. The van der Waals surface area contributed by atoms with Crippen LogP contribution < -0.4 is 0 Å². The van der Waals surface area contributed by atoms with Gasteiger partial charge in [-0.05, 0) is 86.4 Å². The summed E-state index contributed by atoms with van der Waals surface area (Å²) in [6.45, 7) is 15.2. The zero-order valence-electron chi connectivity index (χ0n) is 33.7. The fourth-order valence-corrected chi connectivity index (χ4v) is 14.3. The minimum atomic E-state index is -1.67. The zero-order chi connectivity index (χ0) is 39.9. The Morgan fingerprint density at radius 3 is 2.13 bits per heavy atom. The highest BCUT2D eigenvalue weighted by Crippen LogP contribution is 2.79. The van der Waals surface area contributed by atoms with Gasteiger partial charge >= 0.3 is 0 Å². The molecule has 21 atom stereocenters. The fourth-order valence-electron chi connectivity index (χ4n) is 14.3. The van der Waals surface area contributed by atoms with Crippen LogP contribution in [-0.4, -0.2) is 140 Å². The minimum Gasteiger partial charge on any atom is -0.396 e. The summed E-state index contributed by atoms with van der Waals surface area (Å²) < 4.78 is 31.2. The van der Waals surface area contributed by atoms with E-state index in [9.17, 15) is 40.9 Å². The van der Waals surface area contributed by atoms with Crippen LogP contribution >= 0.6 is 0 Å². The lowest BCUT2D eigenvalue weighted by molar-refractivity contribution is -0.368. The van der Waals surface area contributed by atoms with Gasteiger partial charge in [0.1, 0.15) is 42.7 Å². The average Bonchev–Trinajstić information content (AvgIpc) is 3.41. The summed E-state index contributed by atoms with van der Waals surface area (Å²) in [4.78, 5) is 0. The van der Waals surface area contributed by atoms with Gasteiger partial charge in [0.2, 0.25) is 0 Å². The van der Waals surface area contributed by atoms with Gasteiger partial charge in [0.25, 0.3) is 0 Å². The Morgan fingerprint density at radius 2 is 1.44 bits per heavy atom. The molecule has 8 N–H and O–H groups in total. The molecule has 0 radical (unpaired) electrons. The number of rotatable bonds is 6. The highest BCUT2D eigenvalue weighted by Gasteiger charge is 2.79. The molecule has 3 heterocycles. The van der Waals surface area contributed by atoms with Crippen LogP contribution in [0.15, 0.2) is 12.2 Å². The van der Waals surface area contributed by atoms with Crippen LogP contribution in [0, 0.1) is 50.2 Å². The van der Waals surface area contributed by atoms with Gasteiger partial charge in [0.05, 0.1) is 43.7 Å². The highest BCUT2D eigenvalue weighted by atomic mass is 16.7. The summed E-state index contributed by atoms with van der Waals surface area (Å²) >= 11 is 0. The molecule has 13 heteroatoms. The summed E-state index contributed by atoms with van der Waals surface area (Å²) in [6.07, 6.45) is -3.55. The van der Waals surface area contributed by atoms with Gasteiger partial charge in [-0.25, -0.2) is 0 Å². The zero-order valence-corrected chi connectivity index (χ0v) is 33.7. The van der Waals surface area contributed by atoms with E-state index in [0.29, 0.717) is 19.4 Å². The lowest BCUT2D eigenvalue weighted by Gasteiger charge is -2.73. The summed E-state index contributed by atoms with van der Waals surface area (Å²) in [5.74, 6) is 0.401. The third-order valence-electron chi connectivity index (χ3n) is 17.9. The molecule has 13 nitrogen and oxygen atoms in total. The van der Waals surface area contributed by atoms with E-state index in [1.807, 2.05) is 6.92 Å². The average molecular weight is 781 g/mol. The van der Waals surface area contributed by atoms with Crippen LogP contribution in [0.4, 0.5) is 0 Å². The summed E-state index contributed by atoms with van der Waals surface area (Å²) in [6, 6.07) is 0. The maximum Gasteiger partial charge on any atom is 0.187 e. The SMILES string of the molecule is C[C@H]1O[C@@H](O[C@H]2[C@@H](O)[C@@H](CO)O[C@@H](O[C@H]3CC[C@@]4(C)[C@@H](CC[C@@]5(C)[C@H]4C=C[C@@]46OC[C@@]7(CCC(C)(C)C[C@@H]74)[C@@H](O)C[C@]56C)[C@]3(C)CO)[C@@H]2O)[C@H](O)[C@@H](O)[C@@H]1O. The first-order valence-corrected chi connectivity index (χ1v) is 20.9. The molecule has 4 saturated carbocycles. The molecule has 3 saturated heterocycles. The van der Waals surface area contributed by atoms with E-state index in [2.05, 4.69) is 46.8 Å². The van der Waals surface area contributed by atoms with Gasteiger partial charge in [-0.3, -0.25) is 0 Å². The first-order valence-electron chi connectivity index (χ1n) is 20.9. The number of hydrogen-bond donors (Lipinski definition) is 8. The Bertz CT molecular complexity index is 1490. The monoisotopic (exact) mass is 780 g/mol. The molecule has 5 aliphatic carbocycles. The number of hydrogen-bond acceptors (Lipinski definition) is 13. The Hall–Kier alpha value is -0.780. The molecule has 0 aromatic carbocycles. The molecule has 314 valence electrons. The summed E-state index contributed by atoms with van der Waals surface area (Å²) in [7, 11) is 0. The van der Waals surface area contributed by atoms with Gasteiger partial charge in [0, 0.05) is 22.2 Å². The van der Waals surface area contributed by atoms with Crippen molar-refractivity contribution < 1.29 is 64.5 Å². The van der Waals surface area contributed by atoms with E-state index < -0.39 is 91.2 Å². The topological polar surface area (TPSA) is 208 Å². The molecule has 2 bridgehead atoms. The van der Waals surface area contributed by atoms with Crippen LogP contribution in [0.5, 0.6) is 0 Å². The van der Waals surface area contributed by atoms with E-state index in [1.165, 1.54) is 6.92 Å². The summed E-state index contributed by atoms with van der Waals surface area (Å²) in [5.41, 5.74) is -2.00. The number of aliphatic hydroxyl groups is 8. The first kappa shape index (κ1) is 41.0. The maximum absolute atomic E-state index is 12.1. The quantitative estimate of drug-likeness (QED) is 0.143. The van der Waals surface area contributed by atoms with Crippen LogP contribution in [0.2, 0.25) is 0 Å². The van der Waals surface area contributed by atoms with Crippen molar-refractivity contribution in [3.8, 4) is 0 Å². The molecule has 8 aliphatic rings. The van der Waals surface area contributed by atoms with Crippen LogP contribution in [0.25, 0.3) is 0 Å². The predicted molar refractivity (Wildman–Crippen MR) is 197 cm³/mol. The molecule has 7 fully saturated rings. The molecular formula is C42H68O13. The largest absolute Gasteiger partial charge is 0.396 e. The van der Waals surface area contributed by atoms with Gasteiger partial charge in [-0.15, -0.1) is 0 Å². The molecule has 1 spiro atoms. The number of ether oxygens (including phenoxy) is 5. The third-order valence-corrected chi connectivity index (χ3v) is 17.9. The number of aliphatic hydroxyl groups excluding tert-OH is 8. The molecule has 3 aliphatic heterocycles. The second-order valence-corrected chi connectivity index (χ2v) is 21.0. The molecule has 0 unspecified atom stereocenters. The van der Waals surface area contributed by atoms with E-state index >= 15 is 0 Å². The van der Waals surface area contributed by atoms with Crippen LogP contribution in [0.3, 0.4) is 0 Å². The van der Waals surface area contributed by atoms with Gasteiger partial charge < -0.3 is 64.5 Å². The van der Waals surface area contributed by atoms with Crippen molar-refractivity contribution in [2.45, 2.75) is 179 Å². The smallest absolute Gasteiger partial charge is 0.187 e. The standard InChI is InChI=1S/C42H68O13/c1-21-28(46)30(48)31(49)34(52-21)55-33-29(47)22(18-43)53-35(32(33)50)54-27-10-11-37(4)23(38(27,5)19-44)8-12-39(6)24(37)9-13-42-25-16-36(2,3)14-15-41(25,20-51-42)26(45)17-40(39,42)7/h9,13,21-35,43-50H,8,10-12,14-20H2,1-7H3/t21-,22-,23-,24+,25+,26+,27+,28-,29+,30+,31-,32-,33+,34+,35+,37+,38+,39+,40-,41-,42-/m1/s1. The predicted octanol–water partition coefficient (Wildman–Crippen LogP) is 1.78. The Labute approximate surface area is 325 Å².